The van der Waals surface area contributed by atoms with Gasteiger partial charge in [0.15, 0.2) is 0 Å². The zero-order valence-electron chi connectivity index (χ0n) is 13.0. The van der Waals surface area contributed by atoms with Crippen LogP contribution in [0.1, 0.15) is 28.4 Å². The molecule has 0 saturated heterocycles. The molecule has 0 heterocycles. The average molecular weight is 286 g/mol. The summed E-state index contributed by atoms with van der Waals surface area (Å²) in [7, 11) is 3.21. The van der Waals surface area contributed by atoms with Crippen molar-refractivity contribution in [2.75, 3.05) is 14.2 Å². The fourth-order valence-electron chi connectivity index (χ4n) is 2.43. The van der Waals surface area contributed by atoms with Crippen LogP contribution >= 0.6 is 0 Å². The number of hydrogen-bond donors (Lipinski definition) is 1. The molecule has 3 nitrogen and oxygen atoms in total. The van der Waals surface area contributed by atoms with Crippen molar-refractivity contribution in [1.82, 2.24) is 0 Å². The highest BCUT2D eigenvalue weighted by molar-refractivity contribution is 5.43. The van der Waals surface area contributed by atoms with E-state index < -0.39 is 6.10 Å². The van der Waals surface area contributed by atoms with Crippen LogP contribution in [-0.4, -0.2) is 19.3 Å². The molecule has 2 rings (SSSR count). The van der Waals surface area contributed by atoms with Gasteiger partial charge in [-0.25, -0.2) is 0 Å². The van der Waals surface area contributed by atoms with Gasteiger partial charge in [-0.1, -0.05) is 23.8 Å². The number of benzene rings is 2. The second kappa shape index (κ2) is 6.64. The quantitative estimate of drug-likeness (QED) is 0.912. The number of aliphatic hydroxyl groups is 1. The molecule has 1 atom stereocenters. The first-order valence-electron chi connectivity index (χ1n) is 7.01. The van der Waals surface area contributed by atoms with Crippen molar-refractivity contribution in [3.05, 3.63) is 58.7 Å². The fourth-order valence-corrected chi connectivity index (χ4v) is 2.43. The highest BCUT2D eigenvalue weighted by Gasteiger charge is 2.16. The van der Waals surface area contributed by atoms with Crippen LogP contribution in [0.3, 0.4) is 0 Å². The van der Waals surface area contributed by atoms with Gasteiger partial charge in [0.2, 0.25) is 0 Å². The molecule has 0 fully saturated rings. The monoisotopic (exact) mass is 286 g/mol. The Morgan fingerprint density at radius 1 is 1.00 bits per heavy atom. The van der Waals surface area contributed by atoms with Crippen LogP contribution in [0.5, 0.6) is 11.5 Å². The topological polar surface area (TPSA) is 38.7 Å². The summed E-state index contributed by atoms with van der Waals surface area (Å²) in [5.74, 6) is 1.36. The lowest BCUT2D eigenvalue weighted by Gasteiger charge is -2.17. The first kappa shape index (κ1) is 15.4. The molecule has 0 radical (unpaired) electrons. The molecule has 0 aliphatic rings. The summed E-state index contributed by atoms with van der Waals surface area (Å²) in [6.45, 7) is 4.12. The van der Waals surface area contributed by atoms with Crippen molar-refractivity contribution in [2.24, 2.45) is 0 Å². The molecule has 0 aliphatic carbocycles. The van der Waals surface area contributed by atoms with Crippen LogP contribution in [-0.2, 0) is 6.42 Å². The number of ether oxygens (including phenoxy) is 2. The molecule has 0 amide bonds. The first-order valence-corrected chi connectivity index (χ1v) is 7.01. The maximum atomic E-state index is 10.5. The van der Waals surface area contributed by atoms with Crippen LogP contribution in [0, 0.1) is 13.8 Å². The van der Waals surface area contributed by atoms with E-state index >= 15 is 0 Å². The van der Waals surface area contributed by atoms with Gasteiger partial charge in [0.05, 0.1) is 20.3 Å². The minimum Gasteiger partial charge on any atom is -0.497 e. The van der Waals surface area contributed by atoms with Crippen molar-refractivity contribution < 1.29 is 14.6 Å². The summed E-state index contributed by atoms with van der Waals surface area (Å²) < 4.78 is 10.5. The molecule has 21 heavy (non-hydrogen) atoms. The Balaban J connectivity index is 2.27. The van der Waals surface area contributed by atoms with Gasteiger partial charge in [0.1, 0.15) is 11.5 Å². The minimum atomic E-state index is -0.605. The van der Waals surface area contributed by atoms with Gasteiger partial charge in [-0.05, 0) is 37.1 Å². The summed E-state index contributed by atoms with van der Waals surface area (Å²) in [6.07, 6.45) is -0.0395. The van der Waals surface area contributed by atoms with E-state index in [1.165, 1.54) is 11.1 Å². The summed E-state index contributed by atoms with van der Waals surface area (Å²) in [6, 6.07) is 11.8. The van der Waals surface area contributed by atoms with Crippen LogP contribution in [0.4, 0.5) is 0 Å². The zero-order valence-corrected chi connectivity index (χ0v) is 13.0. The molecule has 112 valence electrons. The number of rotatable bonds is 5. The maximum absolute atomic E-state index is 10.5. The SMILES string of the molecule is COc1ccc(C(O)Cc2cc(C)ccc2C)c(OC)c1. The summed E-state index contributed by atoms with van der Waals surface area (Å²) in [4.78, 5) is 0. The molecule has 1 N–H and O–H groups in total. The van der Waals surface area contributed by atoms with Crippen molar-refractivity contribution >= 4 is 0 Å². The highest BCUT2D eigenvalue weighted by Crippen LogP contribution is 2.31. The maximum Gasteiger partial charge on any atom is 0.128 e. The molecule has 0 bridgehead atoms. The normalized spacial score (nSPS) is 12.0. The predicted molar refractivity (Wildman–Crippen MR) is 84.1 cm³/mol. The summed E-state index contributed by atoms with van der Waals surface area (Å²) >= 11 is 0. The van der Waals surface area contributed by atoms with E-state index in [2.05, 4.69) is 32.0 Å². The van der Waals surface area contributed by atoms with Crippen LogP contribution in [0.2, 0.25) is 0 Å². The van der Waals surface area contributed by atoms with Crippen molar-refractivity contribution in [3.63, 3.8) is 0 Å². The third-order valence-corrected chi connectivity index (χ3v) is 3.72. The van der Waals surface area contributed by atoms with Crippen molar-refractivity contribution in [1.29, 1.82) is 0 Å². The number of aryl methyl sites for hydroxylation is 2. The Hall–Kier alpha value is -2.00. The zero-order chi connectivity index (χ0) is 15.4. The second-order valence-electron chi connectivity index (χ2n) is 5.26. The molecule has 0 aromatic heterocycles. The lowest BCUT2D eigenvalue weighted by Crippen LogP contribution is -2.05. The first-order chi connectivity index (χ1) is 10.0. The molecule has 2 aromatic rings. The number of aliphatic hydroxyl groups excluding tert-OH is 1. The second-order valence-corrected chi connectivity index (χ2v) is 5.26. The van der Waals surface area contributed by atoms with E-state index in [1.54, 1.807) is 20.3 Å². The molecule has 0 saturated carbocycles. The van der Waals surface area contributed by atoms with Gasteiger partial charge in [0, 0.05) is 18.1 Å². The largest absolute Gasteiger partial charge is 0.497 e. The lowest BCUT2D eigenvalue weighted by molar-refractivity contribution is 0.173. The molecular formula is C18H22O3. The molecule has 3 heteroatoms. The van der Waals surface area contributed by atoms with Gasteiger partial charge in [-0.3, -0.25) is 0 Å². The van der Waals surface area contributed by atoms with Gasteiger partial charge in [-0.15, -0.1) is 0 Å². The van der Waals surface area contributed by atoms with Crippen LogP contribution in [0.15, 0.2) is 36.4 Å². The third kappa shape index (κ3) is 3.56. The van der Waals surface area contributed by atoms with E-state index in [-0.39, 0.29) is 0 Å². The Morgan fingerprint density at radius 2 is 1.76 bits per heavy atom. The summed E-state index contributed by atoms with van der Waals surface area (Å²) in [5, 5.41) is 10.5. The number of methoxy groups -OCH3 is 2. The molecule has 2 aromatic carbocycles. The van der Waals surface area contributed by atoms with Crippen molar-refractivity contribution in [2.45, 2.75) is 26.4 Å². The standard InChI is InChI=1S/C18H22O3/c1-12-5-6-13(2)14(9-12)10-17(19)16-8-7-15(20-3)11-18(16)21-4/h5-9,11,17,19H,10H2,1-4H3. The van der Waals surface area contributed by atoms with Crippen LogP contribution in [0.25, 0.3) is 0 Å². The lowest BCUT2D eigenvalue weighted by atomic mass is 9.96. The fraction of sp³-hybridized carbons (Fsp3) is 0.333. The van der Waals surface area contributed by atoms with E-state index in [0.29, 0.717) is 12.2 Å². The molecular weight excluding hydrogens is 264 g/mol. The van der Waals surface area contributed by atoms with Gasteiger partial charge in [-0.2, -0.15) is 0 Å². The van der Waals surface area contributed by atoms with E-state index in [1.807, 2.05) is 12.1 Å². The molecule has 0 aliphatic heterocycles. The Labute approximate surface area is 126 Å². The van der Waals surface area contributed by atoms with Gasteiger partial charge in [0.25, 0.3) is 0 Å². The Kier molecular flexibility index (Phi) is 4.86. The highest BCUT2D eigenvalue weighted by atomic mass is 16.5. The van der Waals surface area contributed by atoms with Crippen molar-refractivity contribution in [3.8, 4) is 11.5 Å². The summed E-state index contributed by atoms with van der Waals surface area (Å²) in [5.41, 5.74) is 4.32. The van der Waals surface area contributed by atoms with E-state index in [9.17, 15) is 5.11 Å². The van der Waals surface area contributed by atoms with E-state index in [4.69, 9.17) is 9.47 Å². The Bertz CT molecular complexity index is 620. The van der Waals surface area contributed by atoms with Gasteiger partial charge >= 0.3 is 0 Å². The average Bonchev–Trinajstić information content (AvgIpc) is 2.50. The Morgan fingerprint density at radius 3 is 2.43 bits per heavy atom. The molecule has 0 spiro atoms. The molecule has 1 unspecified atom stereocenters. The minimum absolute atomic E-state index is 0.566. The smallest absolute Gasteiger partial charge is 0.128 e. The predicted octanol–water partition coefficient (Wildman–Crippen LogP) is 3.60. The van der Waals surface area contributed by atoms with Gasteiger partial charge < -0.3 is 14.6 Å². The van der Waals surface area contributed by atoms with E-state index in [0.717, 1.165) is 16.9 Å². The third-order valence-electron chi connectivity index (χ3n) is 3.72. The van der Waals surface area contributed by atoms with Crippen LogP contribution < -0.4 is 9.47 Å². The number of hydrogen-bond acceptors (Lipinski definition) is 3.